The van der Waals surface area contributed by atoms with E-state index in [4.69, 9.17) is 23.2 Å². The van der Waals surface area contributed by atoms with Crippen molar-refractivity contribution in [3.8, 4) is 0 Å². The molecule has 0 atom stereocenters. The van der Waals surface area contributed by atoms with Crippen LogP contribution in [0.4, 0.5) is 20.2 Å². The second kappa shape index (κ2) is 7.42. The first-order chi connectivity index (χ1) is 10.5. The van der Waals surface area contributed by atoms with E-state index in [-0.39, 0.29) is 13.0 Å². The van der Waals surface area contributed by atoms with Gasteiger partial charge in [0.2, 0.25) is 5.91 Å². The summed E-state index contributed by atoms with van der Waals surface area (Å²) in [6.45, 7) is 0.253. The Morgan fingerprint density at radius 1 is 1.09 bits per heavy atom. The summed E-state index contributed by atoms with van der Waals surface area (Å²) < 4.78 is 26.8. The maximum atomic E-state index is 13.4. The first-order valence-electron chi connectivity index (χ1n) is 6.40. The fourth-order valence-corrected chi connectivity index (χ4v) is 2.24. The number of carbonyl (C=O) groups excluding carboxylic acids is 1. The summed E-state index contributed by atoms with van der Waals surface area (Å²) in [5.41, 5.74) is 0.174. The Balaban J connectivity index is 1.88. The van der Waals surface area contributed by atoms with Crippen molar-refractivity contribution in [3.63, 3.8) is 0 Å². The lowest BCUT2D eigenvalue weighted by Gasteiger charge is -2.10. The highest BCUT2D eigenvalue weighted by atomic mass is 35.5. The number of para-hydroxylation sites is 1. The zero-order chi connectivity index (χ0) is 16.1. The van der Waals surface area contributed by atoms with Crippen LogP contribution in [0.3, 0.4) is 0 Å². The van der Waals surface area contributed by atoms with E-state index in [1.54, 1.807) is 18.2 Å². The molecule has 2 aromatic carbocycles. The van der Waals surface area contributed by atoms with E-state index in [1.807, 2.05) is 0 Å². The zero-order valence-corrected chi connectivity index (χ0v) is 12.8. The molecule has 2 aromatic rings. The lowest BCUT2D eigenvalue weighted by Crippen LogP contribution is -2.18. The molecule has 116 valence electrons. The molecular formula is C15H12Cl2F2N2O. The first-order valence-corrected chi connectivity index (χ1v) is 7.16. The van der Waals surface area contributed by atoms with Crippen molar-refractivity contribution in [2.75, 3.05) is 17.2 Å². The van der Waals surface area contributed by atoms with Crippen molar-refractivity contribution in [2.24, 2.45) is 0 Å². The Labute approximate surface area is 136 Å². The summed E-state index contributed by atoms with van der Waals surface area (Å²) in [4.78, 5) is 11.7. The van der Waals surface area contributed by atoms with Crippen molar-refractivity contribution < 1.29 is 13.6 Å². The second-order valence-corrected chi connectivity index (χ2v) is 5.29. The minimum absolute atomic E-state index is 0.0206. The number of hydrogen-bond donors (Lipinski definition) is 2. The highest BCUT2D eigenvalue weighted by Gasteiger charge is 2.11. The molecular weight excluding hydrogens is 333 g/mol. The number of benzene rings is 2. The molecule has 1 amide bonds. The van der Waals surface area contributed by atoms with Crippen LogP contribution in [0.1, 0.15) is 6.42 Å². The van der Waals surface area contributed by atoms with E-state index in [0.29, 0.717) is 15.7 Å². The summed E-state index contributed by atoms with van der Waals surface area (Å²) in [5, 5.41) is 6.08. The van der Waals surface area contributed by atoms with Crippen molar-refractivity contribution in [3.05, 3.63) is 58.1 Å². The summed E-state index contributed by atoms with van der Waals surface area (Å²) in [6.07, 6.45) is 0.0206. The van der Waals surface area contributed by atoms with Gasteiger partial charge in [0.25, 0.3) is 0 Å². The van der Waals surface area contributed by atoms with Crippen LogP contribution in [0.25, 0.3) is 0 Å². The normalized spacial score (nSPS) is 10.4. The largest absolute Gasteiger partial charge is 0.383 e. The molecule has 22 heavy (non-hydrogen) atoms. The van der Waals surface area contributed by atoms with E-state index in [9.17, 15) is 13.6 Å². The van der Waals surface area contributed by atoms with E-state index in [2.05, 4.69) is 10.6 Å². The molecule has 0 heterocycles. The van der Waals surface area contributed by atoms with Crippen LogP contribution in [-0.2, 0) is 4.79 Å². The molecule has 0 radical (unpaired) electrons. The minimum Gasteiger partial charge on any atom is -0.383 e. The fourth-order valence-electron chi connectivity index (χ4n) is 1.76. The average molecular weight is 345 g/mol. The van der Waals surface area contributed by atoms with Crippen LogP contribution in [0, 0.1) is 11.6 Å². The third-order valence-electron chi connectivity index (χ3n) is 2.83. The van der Waals surface area contributed by atoms with Gasteiger partial charge >= 0.3 is 0 Å². The Kier molecular flexibility index (Phi) is 5.57. The summed E-state index contributed by atoms with van der Waals surface area (Å²) in [5.74, 6) is -2.15. The number of hydrogen-bond acceptors (Lipinski definition) is 2. The van der Waals surface area contributed by atoms with Crippen molar-refractivity contribution >= 4 is 40.5 Å². The van der Waals surface area contributed by atoms with E-state index in [0.717, 1.165) is 12.1 Å². The molecule has 0 aliphatic rings. The molecule has 0 saturated heterocycles. The van der Waals surface area contributed by atoms with Crippen LogP contribution < -0.4 is 10.6 Å². The van der Waals surface area contributed by atoms with Gasteiger partial charge < -0.3 is 10.6 Å². The number of carbonyl (C=O) groups is 1. The van der Waals surface area contributed by atoms with E-state index in [1.165, 1.54) is 6.07 Å². The monoisotopic (exact) mass is 344 g/mol. The maximum absolute atomic E-state index is 13.4. The predicted molar refractivity (Wildman–Crippen MR) is 84.6 cm³/mol. The molecule has 3 nitrogen and oxygen atoms in total. The summed E-state index contributed by atoms with van der Waals surface area (Å²) >= 11 is 11.7. The highest BCUT2D eigenvalue weighted by Crippen LogP contribution is 2.25. The van der Waals surface area contributed by atoms with Crippen molar-refractivity contribution in [2.45, 2.75) is 6.42 Å². The van der Waals surface area contributed by atoms with Crippen molar-refractivity contribution in [1.29, 1.82) is 0 Å². The molecule has 7 heteroatoms. The Hall–Kier alpha value is -1.85. The van der Waals surface area contributed by atoms with Gasteiger partial charge in [0.1, 0.15) is 17.3 Å². The van der Waals surface area contributed by atoms with Gasteiger partial charge in [-0.05, 0) is 30.3 Å². The number of rotatable bonds is 5. The van der Waals surface area contributed by atoms with Gasteiger partial charge in [0.15, 0.2) is 0 Å². The van der Waals surface area contributed by atoms with Crippen molar-refractivity contribution in [1.82, 2.24) is 0 Å². The van der Waals surface area contributed by atoms with Crippen LogP contribution >= 0.6 is 23.2 Å². The predicted octanol–water partition coefficient (Wildman–Crippen LogP) is 4.71. The van der Waals surface area contributed by atoms with Crippen LogP contribution in [0.15, 0.2) is 36.4 Å². The number of amides is 1. The van der Waals surface area contributed by atoms with E-state index >= 15 is 0 Å². The molecule has 0 aliphatic carbocycles. The molecule has 0 aromatic heterocycles. The van der Waals surface area contributed by atoms with Crippen LogP contribution in [0.5, 0.6) is 0 Å². The molecule has 2 rings (SSSR count). The van der Waals surface area contributed by atoms with Gasteiger partial charge in [0, 0.05) is 18.0 Å². The van der Waals surface area contributed by atoms with E-state index < -0.39 is 23.2 Å². The Morgan fingerprint density at radius 3 is 2.41 bits per heavy atom. The average Bonchev–Trinajstić information content (AvgIpc) is 2.45. The lowest BCUT2D eigenvalue weighted by atomic mass is 10.2. The number of anilines is 2. The zero-order valence-electron chi connectivity index (χ0n) is 11.3. The molecule has 0 aliphatic heterocycles. The molecule has 0 spiro atoms. The standard InChI is InChI=1S/C15H12Cl2F2N2O/c16-9-4-5-13(10(17)8-9)20-7-6-14(22)21-15-11(18)2-1-3-12(15)19/h1-5,8,20H,6-7H2,(H,21,22). The van der Waals surface area contributed by atoms with Gasteiger partial charge in [-0.15, -0.1) is 0 Å². The summed E-state index contributed by atoms with van der Waals surface area (Å²) in [6, 6.07) is 8.28. The smallest absolute Gasteiger partial charge is 0.226 e. The quantitative estimate of drug-likeness (QED) is 0.824. The van der Waals surface area contributed by atoms with Crippen LogP contribution in [-0.4, -0.2) is 12.5 Å². The molecule has 0 bridgehead atoms. The lowest BCUT2D eigenvalue weighted by molar-refractivity contribution is -0.116. The minimum atomic E-state index is -0.818. The third kappa shape index (κ3) is 4.32. The SMILES string of the molecule is O=C(CCNc1ccc(Cl)cc1Cl)Nc1c(F)cccc1F. The molecule has 0 saturated carbocycles. The molecule has 0 fully saturated rings. The van der Waals surface area contributed by atoms with Gasteiger partial charge in [-0.25, -0.2) is 8.78 Å². The first kappa shape index (κ1) is 16.5. The Morgan fingerprint density at radius 2 is 1.77 bits per heavy atom. The molecule has 0 unspecified atom stereocenters. The maximum Gasteiger partial charge on any atom is 0.226 e. The highest BCUT2D eigenvalue weighted by molar-refractivity contribution is 6.36. The van der Waals surface area contributed by atoms with Gasteiger partial charge in [-0.1, -0.05) is 29.3 Å². The Bertz CT molecular complexity index is 675. The molecule has 2 N–H and O–H groups in total. The topological polar surface area (TPSA) is 41.1 Å². The second-order valence-electron chi connectivity index (χ2n) is 4.45. The fraction of sp³-hybridized carbons (Fsp3) is 0.133. The number of nitrogens with one attached hydrogen (secondary N) is 2. The van der Waals surface area contributed by atoms with Gasteiger partial charge in [-0.3, -0.25) is 4.79 Å². The van der Waals surface area contributed by atoms with Crippen LogP contribution in [0.2, 0.25) is 10.0 Å². The third-order valence-corrected chi connectivity index (χ3v) is 3.37. The number of halogens is 4. The van der Waals surface area contributed by atoms with Gasteiger partial charge in [0.05, 0.1) is 10.7 Å². The van der Waals surface area contributed by atoms with Gasteiger partial charge in [-0.2, -0.15) is 0 Å². The summed E-state index contributed by atoms with van der Waals surface area (Å²) in [7, 11) is 0.